The van der Waals surface area contributed by atoms with Gasteiger partial charge in [0, 0.05) is 50.2 Å². The van der Waals surface area contributed by atoms with Crippen molar-refractivity contribution >= 4 is 24.1 Å². The molecule has 2 aromatic carbocycles. The van der Waals surface area contributed by atoms with Crippen LogP contribution in [0, 0.1) is 11.6 Å². The number of hydrogen-bond acceptors (Lipinski definition) is 6. The third-order valence-electron chi connectivity index (χ3n) is 9.56. The van der Waals surface area contributed by atoms with Gasteiger partial charge in [-0.2, -0.15) is 4.31 Å². The third-order valence-corrected chi connectivity index (χ3v) is 13.6. The number of carbonyl (C=O) groups excluding carboxylic acids is 1. The number of halogens is 2. The minimum atomic E-state index is -3.82. The van der Waals surface area contributed by atoms with E-state index in [9.17, 15) is 13.2 Å². The fourth-order valence-electron chi connectivity index (χ4n) is 7.12. The summed E-state index contributed by atoms with van der Waals surface area (Å²) in [4.78, 5) is 12.1. The van der Waals surface area contributed by atoms with E-state index in [1.54, 1.807) is 31.2 Å². The maximum Gasteiger partial charge on any atom is 0.306 e. The van der Waals surface area contributed by atoms with Gasteiger partial charge in [-0.1, -0.05) is 50.0 Å². The molecule has 0 spiro atoms. The molecule has 242 valence electrons. The van der Waals surface area contributed by atoms with Gasteiger partial charge in [0.05, 0.1) is 5.60 Å². The Morgan fingerprint density at radius 1 is 1.05 bits per heavy atom. The Morgan fingerprint density at radius 3 is 2.39 bits per heavy atom. The van der Waals surface area contributed by atoms with Crippen LogP contribution in [0.1, 0.15) is 74.3 Å². The molecule has 1 aliphatic carbocycles. The predicted octanol–water partition coefficient (Wildman–Crippen LogP) is 6.85. The van der Waals surface area contributed by atoms with Crippen LogP contribution in [0.4, 0.5) is 8.78 Å². The van der Waals surface area contributed by atoms with Crippen LogP contribution in [-0.4, -0.2) is 57.9 Å². The molecule has 5 rings (SSSR count). The van der Waals surface area contributed by atoms with Crippen molar-refractivity contribution in [2.75, 3.05) is 13.4 Å². The zero-order chi connectivity index (χ0) is 31.9. The quantitative estimate of drug-likeness (QED) is 0.115. The van der Waals surface area contributed by atoms with Crippen molar-refractivity contribution in [3.05, 3.63) is 70.8 Å². The van der Waals surface area contributed by atoms with Crippen molar-refractivity contribution in [1.29, 1.82) is 0 Å². The standard InChI is InChI=1S/C33H45F2NO6SSi/c1-23-11-12-29(24-9-7-6-8-10-24)43(38,39)36(23)19-25-17-28(35)26(18-27(25)34)33(30-13-14-31(37)42-30)20-32(2,21-33)41-22-40-15-16-44(3,4)5/h6-10,17-18,23,29-30H,11-16,19-22H2,1-5H3/t23-,29+,30?,32?,33?/m0/s1. The summed E-state index contributed by atoms with van der Waals surface area (Å²) in [6.45, 7) is 11.0. The summed E-state index contributed by atoms with van der Waals surface area (Å²) in [5.74, 6) is -1.67. The van der Waals surface area contributed by atoms with E-state index in [1.807, 2.05) is 13.0 Å². The van der Waals surface area contributed by atoms with Gasteiger partial charge in [-0.05, 0) is 69.7 Å². The van der Waals surface area contributed by atoms with Crippen LogP contribution < -0.4 is 0 Å². The molecule has 3 atom stereocenters. The second-order valence-electron chi connectivity index (χ2n) is 14.3. The molecular weight excluding hydrogens is 605 g/mol. The molecule has 0 aromatic heterocycles. The zero-order valence-electron chi connectivity index (χ0n) is 26.4. The van der Waals surface area contributed by atoms with E-state index in [-0.39, 0.29) is 42.9 Å². The molecule has 1 saturated carbocycles. The smallest absolute Gasteiger partial charge is 0.306 e. The fraction of sp³-hybridized carbons (Fsp3) is 0.606. The average molecular weight is 650 g/mol. The van der Waals surface area contributed by atoms with Crippen LogP contribution in [0.25, 0.3) is 0 Å². The van der Waals surface area contributed by atoms with Crippen molar-refractivity contribution in [2.45, 2.75) is 113 Å². The largest absolute Gasteiger partial charge is 0.461 e. The molecular formula is C33H45F2NO6SSi. The summed E-state index contributed by atoms with van der Waals surface area (Å²) in [6, 6.07) is 12.0. The molecule has 3 fully saturated rings. The Balaban J connectivity index is 1.36. The zero-order valence-corrected chi connectivity index (χ0v) is 28.2. The van der Waals surface area contributed by atoms with Gasteiger partial charge in [0.25, 0.3) is 0 Å². The Labute approximate surface area is 261 Å². The van der Waals surface area contributed by atoms with Gasteiger partial charge >= 0.3 is 5.97 Å². The van der Waals surface area contributed by atoms with Crippen molar-refractivity contribution < 1.29 is 36.2 Å². The number of hydrogen-bond donors (Lipinski definition) is 0. The molecule has 2 heterocycles. The predicted molar refractivity (Wildman–Crippen MR) is 167 cm³/mol. The molecule has 7 nitrogen and oxygen atoms in total. The van der Waals surface area contributed by atoms with Gasteiger partial charge in [-0.3, -0.25) is 4.79 Å². The Morgan fingerprint density at radius 2 is 1.75 bits per heavy atom. The van der Waals surface area contributed by atoms with E-state index in [0.717, 1.165) is 12.1 Å². The summed E-state index contributed by atoms with van der Waals surface area (Å²) in [7, 11) is -5.07. The lowest BCUT2D eigenvalue weighted by Crippen LogP contribution is -2.60. The molecule has 2 saturated heterocycles. The van der Waals surface area contributed by atoms with Gasteiger partial charge in [-0.15, -0.1) is 0 Å². The number of nitrogens with zero attached hydrogens (tertiary/aromatic N) is 1. The highest BCUT2D eigenvalue weighted by Gasteiger charge is 2.61. The van der Waals surface area contributed by atoms with Crippen LogP contribution in [-0.2, 0) is 41.0 Å². The normalized spacial score (nSPS) is 30.6. The first-order valence-electron chi connectivity index (χ1n) is 15.6. The molecule has 0 radical (unpaired) electrons. The number of rotatable bonds is 11. The highest BCUT2D eigenvalue weighted by molar-refractivity contribution is 7.89. The molecule has 0 N–H and O–H groups in total. The minimum Gasteiger partial charge on any atom is -0.461 e. The monoisotopic (exact) mass is 649 g/mol. The lowest BCUT2D eigenvalue weighted by molar-refractivity contribution is -0.207. The Bertz CT molecular complexity index is 1460. The lowest BCUT2D eigenvalue weighted by atomic mass is 9.53. The second-order valence-corrected chi connectivity index (χ2v) is 22.0. The first kappa shape index (κ1) is 33.2. The topological polar surface area (TPSA) is 82.1 Å². The van der Waals surface area contributed by atoms with Crippen LogP contribution in [0.5, 0.6) is 0 Å². The van der Waals surface area contributed by atoms with Gasteiger partial charge in [0.15, 0.2) is 0 Å². The highest BCUT2D eigenvalue weighted by Crippen LogP contribution is 2.57. The van der Waals surface area contributed by atoms with E-state index >= 15 is 8.78 Å². The molecule has 44 heavy (non-hydrogen) atoms. The van der Waals surface area contributed by atoms with E-state index < -0.39 is 52.1 Å². The number of carbonyl (C=O) groups is 1. The number of benzene rings is 2. The molecule has 11 heteroatoms. The maximum absolute atomic E-state index is 16.1. The lowest BCUT2D eigenvalue weighted by Gasteiger charge is -2.56. The van der Waals surface area contributed by atoms with Crippen LogP contribution in [0.15, 0.2) is 42.5 Å². The van der Waals surface area contributed by atoms with Crippen LogP contribution >= 0.6 is 0 Å². The molecule has 2 aromatic rings. The second kappa shape index (κ2) is 12.5. The SMILES string of the molecule is C[C@H]1CC[C@H](c2ccccc2)S(=O)(=O)N1Cc1cc(F)c(C2(C3CCC(=O)O3)CC(C)(OCOCC[Si](C)(C)C)C2)cc1F. The van der Waals surface area contributed by atoms with Crippen LogP contribution in [0.2, 0.25) is 25.7 Å². The average Bonchev–Trinajstić information content (AvgIpc) is 3.37. The van der Waals surface area contributed by atoms with Gasteiger partial charge in [0.1, 0.15) is 29.8 Å². The van der Waals surface area contributed by atoms with Gasteiger partial charge < -0.3 is 14.2 Å². The van der Waals surface area contributed by atoms with E-state index in [4.69, 9.17) is 14.2 Å². The van der Waals surface area contributed by atoms with E-state index in [1.165, 1.54) is 10.4 Å². The van der Waals surface area contributed by atoms with Crippen LogP contribution in [0.3, 0.4) is 0 Å². The summed E-state index contributed by atoms with van der Waals surface area (Å²) >= 11 is 0. The number of esters is 1. The maximum atomic E-state index is 16.1. The first-order valence-corrected chi connectivity index (χ1v) is 20.8. The van der Waals surface area contributed by atoms with Crippen molar-refractivity contribution in [3.8, 4) is 0 Å². The van der Waals surface area contributed by atoms with Gasteiger partial charge in [0.2, 0.25) is 10.0 Å². The van der Waals surface area contributed by atoms with Gasteiger partial charge in [-0.25, -0.2) is 17.2 Å². The first-order chi connectivity index (χ1) is 20.6. The minimum absolute atomic E-state index is 0.0249. The third kappa shape index (κ3) is 6.82. The summed E-state index contributed by atoms with van der Waals surface area (Å²) in [5, 5.41) is -0.737. The van der Waals surface area contributed by atoms with E-state index in [2.05, 4.69) is 19.6 Å². The Hall–Kier alpha value is -2.18. The Kier molecular flexibility index (Phi) is 9.46. The number of ether oxygens (including phenoxy) is 3. The summed E-state index contributed by atoms with van der Waals surface area (Å²) in [5.41, 5.74) is -0.805. The number of sulfonamides is 1. The fourth-order valence-corrected chi connectivity index (χ4v) is 10.1. The number of cyclic esters (lactones) is 1. The molecule has 1 unspecified atom stereocenters. The molecule has 3 aliphatic rings. The van der Waals surface area contributed by atoms with Crippen molar-refractivity contribution in [2.24, 2.45) is 0 Å². The molecule has 0 bridgehead atoms. The molecule has 2 aliphatic heterocycles. The summed E-state index contributed by atoms with van der Waals surface area (Å²) in [6.07, 6.45) is 1.77. The van der Waals surface area contributed by atoms with E-state index in [0.29, 0.717) is 44.3 Å². The summed E-state index contributed by atoms with van der Waals surface area (Å²) < 4.78 is 78.1. The molecule has 0 amide bonds. The van der Waals surface area contributed by atoms with Crippen molar-refractivity contribution in [1.82, 2.24) is 4.31 Å². The highest BCUT2D eigenvalue weighted by atomic mass is 32.2. The van der Waals surface area contributed by atoms with Crippen molar-refractivity contribution in [3.63, 3.8) is 0 Å².